The van der Waals surface area contributed by atoms with Crippen molar-refractivity contribution in [3.05, 3.63) is 131 Å². The topological polar surface area (TPSA) is 0 Å². The van der Waals surface area contributed by atoms with Gasteiger partial charge in [-0.15, -0.1) is 0 Å². The van der Waals surface area contributed by atoms with Gasteiger partial charge in [-0.25, -0.2) is 0 Å². The maximum Gasteiger partial charge on any atom is -0.0184 e. The first-order valence-electron chi connectivity index (χ1n) is 10.8. The first kappa shape index (κ1) is 25.9. The molecule has 0 heterocycles. The van der Waals surface area contributed by atoms with Crippen LogP contribution in [0.25, 0.3) is 11.1 Å². The highest BCUT2D eigenvalue weighted by Gasteiger charge is 1.97. The molecule has 0 aliphatic carbocycles. The molecule has 0 aliphatic heterocycles. The number of hydrogen-bond acceptors (Lipinski definition) is 0. The van der Waals surface area contributed by atoms with Crippen LogP contribution in [0.1, 0.15) is 43.5 Å². The zero-order valence-electron chi connectivity index (χ0n) is 18.8. The molecule has 0 atom stereocenters. The molecule has 0 amide bonds. The summed E-state index contributed by atoms with van der Waals surface area (Å²) in [5.74, 6) is 0. The summed E-state index contributed by atoms with van der Waals surface area (Å²) in [6, 6.07) is 38.2. The van der Waals surface area contributed by atoms with Crippen molar-refractivity contribution in [2.75, 3.05) is 0 Å². The molecule has 0 nitrogen and oxygen atoms in total. The third-order valence-electron chi connectivity index (χ3n) is 4.94. The molecule has 0 saturated carbocycles. The second-order valence-electron chi connectivity index (χ2n) is 7.41. The lowest BCUT2D eigenvalue weighted by Crippen LogP contribution is -1.83. The molecule has 0 aromatic heterocycles. The third kappa shape index (κ3) is 9.96. The van der Waals surface area contributed by atoms with E-state index in [9.17, 15) is 0 Å². The molecule has 0 aliphatic rings. The third-order valence-corrected chi connectivity index (χ3v) is 4.94. The zero-order chi connectivity index (χ0) is 21.6. The van der Waals surface area contributed by atoms with Crippen LogP contribution >= 0.6 is 0 Å². The van der Waals surface area contributed by atoms with Gasteiger partial charge in [0.25, 0.3) is 0 Å². The van der Waals surface area contributed by atoms with E-state index in [-0.39, 0.29) is 7.43 Å². The Labute approximate surface area is 190 Å². The monoisotopic (exact) mass is 410 g/mol. The van der Waals surface area contributed by atoms with Gasteiger partial charge in [-0.2, -0.15) is 0 Å². The van der Waals surface area contributed by atoms with Gasteiger partial charge in [-0.05, 0) is 48.9 Å². The lowest BCUT2D eigenvalue weighted by molar-refractivity contribution is 1.14. The summed E-state index contributed by atoms with van der Waals surface area (Å²) in [6.07, 6.45) is 2.21. The van der Waals surface area contributed by atoms with Crippen molar-refractivity contribution in [3.8, 4) is 11.1 Å². The first-order valence-corrected chi connectivity index (χ1v) is 10.8. The molecule has 0 radical (unpaired) electrons. The molecule has 4 rings (SSSR count). The molecule has 162 valence electrons. The predicted molar refractivity (Wildman–Crippen MR) is 140 cm³/mol. The van der Waals surface area contributed by atoms with Gasteiger partial charge in [0.15, 0.2) is 0 Å². The van der Waals surface area contributed by atoms with Crippen molar-refractivity contribution in [1.29, 1.82) is 0 Å². The van der Waals surface area contributed by atoms with Crippen LogP contribution in [0.5, 0.6) is 0 Å². The number of aryl methyl sites for hydroxylation is 4. The highest BCUT2D eigenvalue weighted by Crippen LogP contribution is 2.20. The Kier molecular flexibility index (Phi) is 12.4. The van der Waals surface area contributed by atoms with Gasteiger partial charge in [-0.1, -0.05) is 142 Å². The Morgan fingerprint density at radius 1 is 0.419 bits per heavy atom. The van der Waals surface area contributed by atoms with E-state index in [1.165, 1.54) is 33.4 Å². The van der Waals surface area contributed by atoms with Crippen LogP contribution in [0, 0.1) is 13.8 Å². The number of hydrogen-bond donors (Lipinski definition) is 0. The summed E-state index contributed by atoms with van der Waals surface area (Å²) < 4.78 is 0. The molecular formula is C31H38. The van der Waals surface area contributed by atoms with Gasteiger partial charge >= 0.3 is 0 Å². The normalized spacial score (nSPS) is 9.29. The van der Waals surface area contributed by atoms with E-state index in [0.29, 0.717) is 0 Å². The molecule has 0 heteroatoms. The van der Waals surface area contributed by atoms with Gasteiger partial charge in [0.2, 0.25) is 0 Å². The summed E-state index contributed by atoms with van der Waals surface area (Å²) in [5.41, 5.74) is 8.05. The van der Waals surface area contributed by atoms with Gasteiger partial charge in [0, 0.05) is 0 Å². The Balaban J connectivity index is 0.000000266. The summed E-state index contributed by atoms with van der Waals surface area (Å²) in [5, 5.41) is 0. The van der Waals surface area contributed by atoms with E-state index >= 15 is 0 Å². The highest BCUT2D eigenvalue weighted by atomic mass is 14.0. The lowest BCUT2D eigenvalue weighted by atomic mass is 10.0. The van der Waals surface area contributed by atoms with E-state index in [1.807, 2.05) is 36.4 Å². The van der Waals surface area contributed by atoms with Gasteiger partial charge < -0.3 is 0 Å². The second-order valence-corrected chi connectivity index (χ2v) is 7.41. The number of benzene rings is 4. The zero-order valence-corrected chi connectivity index (χ0v) is 18.8. The van der Waals surface area contributed by atoms with E-state index in [4.69, 9.17) is 0 Å². The average molecular weight is 411 g/mol. The van der Waals surface area contributed by atoms with Crippen molar-refractivity contribution in [2.24, 2.45) is 0 Å². The fourth-order valence-electron chi connectivity index (χ4n) is 2.93. The molecule has 0 saturated heterocycles. The van der Waals surface area contributed by atoms with E-state index in [1.54, 1.807) is 0 Å². The summed E-state index contributed by atoms with van der Waals surface area (Å²) in [6.45, 7) is 8.54. The van der Waals surface area contributed by atoms with Crippen LogP contribution in [0.15, 0.2) is 109 Å². The Hall–Kier alpha value is -3.12. The van der Waals surface area contributed by atoms with Crippen molar-refractivity contribution in [1.82, 2.24) is 0 Å². The van der Waals surface area contributed by atoms with Crippen LogP contribution < -0.4 is 0 Å². The predicted octanol–water partition coefficient (Wildman–Crippen LogP) is 9.10. The molecule has 0 fully saturated rings. The smallest absolute Gasteiger partial charge is 0.0184 e. The van der Waals surface area contributed by atoms with Gasteiger partial charge in [0.1, 0.15) is 0 Å². The Bertz CT molecular complexity index is 851. The minimum Gasteiger partial charge on any atom is -0.0776 e. The maximum atomic E-state index is 2.21. The Morgan fingerprint density at radius 2 is 0.710 bits per heavy atom. The van der Waals surface area contributed by atoms with Crippen molar-refractivity contribution in [3.63, 3.8) is 0 Å². The molecule has 0 unspecified atom stereocenters. The van der Waals surface area contributed by atoms with E-state index in [0.717, 1.165) is 12.8 Å². The second kappa shape index (κ2) is 14.8. The molecule has 4 aromatic carbocycles. The molecule has 0 spiro atoms. The standard InChI is InChI=1S/C16H18.2C7H8.CH4/c1-3-13-5-9-15(10-6-13)16-11-7-14(4-2)8-12-16;2*1-7-5-3-2-4-6-7;/h5-12H,3-4H2,1-2H3;2*2-6H,1H3;1H4. The minimum atomic E-state index is 0. The largest absolute Gasteiger partial charge is 0.0776 e. The van der Waals surface area contributed by atoms with E-state index < -0.39 is 0 Å². The molecule has 0 N–H and O–H groups in total. The van der Waals surface area contributed by atoms with Gasteiger partial charge in [-0.3, -0.25) is 0 Å². The molecular weight excluding hydrogens is 372 g/mol. The molecule has 0 bridgehead atoms. The van der Waals surface area contributed by atoms with Crippen molar-refractivity contribution < 1.29 is 0 Å². The average Bonchev–Trinajstić information content (AvgIpc) is 2.81. The van der Waals surface area contributed by atoms with Gasteiger partial charge in [0.05, 0.1) is 0 Å². The van der Waals surface area contributed by atoms with E-state index in [2.05, 4.69) is 100 Å². The van der Waals surface area contributed by atoms with Crippen LogP contribution in [0.2, 0.25) is 0 Å². The fraction of sp³-hybridized carbons (Fsp3) is 0.226. The Morgan fingerprint density at radius 3 is 0.903 bits per heavy atom. The van der Waals surface area contributed by atoms with Crippen molar-refractivity contribution in [2.45, 2.75) is 48.0 Å². The minimum absolute atomic E-state index is 0. The SMILES string of the molecule is C.CCc1ccc(-c2ccc(CC)cc2)cc1.Cc1ccccc1.Cc1ccccc1. The van der Waals surface area contributed by atoms with Crippen LogP contribution in [0.3, 0.4) is 0 Å². The van der Waals surface area contributed by atoms with Crippen molar-refractivity contribution >= 4 is 0 Å². The molecule has 4 aromatic rings. The van der Waals surface area contributed by atoms with Crippen LogP contribution in [-0.4, -0.2) is 0 Å². The first-order chi connectivity index (χ1) is 14.6. The summed E-state index contributed by atoms with van der Waals surface area (Å²) >= 11 is 0. The summed E-state index contributed by atoms with van der Waals surface area (Å²) in [4.78, 5) is 0. The summed E-state index contributed by atoms with van der Waals surface area (Å²) in [7, 11) is 0. The fourth-order valence-corrected chi connectivity index (χ4v) is 2.93. The van der Waals surface area contributed by atoms with Crippen LogP contribution in [-0.2, 0) is 12.8 Å². The molecule has 31 heavy (non-hydrogen) atoms. The maximum absolute atomic E-state index is 2.21. The van der Waals surface area contributed by atoms with Crippen LogP contribution in [0.4, 0.5) is 0 Å². The lowest BCUT2D eigenvalue weighted by Gasteiger charge is -2.04. The highest BCUT2D eigenvalue weighted by molar-refractivity contribution is 5.63. The number of rotatable bonds is 3. The quantitative estimate of drug-likeness (QED) is 0.316.